The minimum absolute atomic E-state index is 0.0493. The maximum atomic E-state index is 12.5. The number of fused-ring (bicyclic) bond motifs is 1. The highest BCUT2D eigenvalue weighted by atomic mass is 79.9. The molecular weight excluding hydrogens is 576 g/mol. The van der Waals surface area contributed by atoms with Crippen molar-refractivity contribution in [3.63, 3.8) is 0 Å². The van der Waals surface area contributed by atoms with Crippen LogP contribution in [-0.2, 0) is 11.4 Å². The molecule has 0 aromatic heterocycles. The van der Waals surface area contributed by atoms with Crippen molar-refractivity contribution in [3.8, 4) is 5.75 Å². The van der Waals surface area contributed by atoms with Gasteiger partial charge in [0.25, 0.3) is 0 Å². The van der Waals surface area contributed by atoms with E-state index in [2.05, 4.69) is 65.2 Å². The summed E-state index contributed by atoms with van der Waals surface area (Å²) in [5.41, 5.74) is 4.88. The Bertz CT molecular complexity index is 954. The van der Waals surface area contributed by atoms with E-state index in [4.69, 9.17) is 4.74 Å². The molecule has 7 heteroatoms. The molecule has 4 nitrogen and oxygen atoms in total. The quantitative estimate of drug-likeness (QED) is 0.293. The molecule has 1 amide bonds. The van der Waals surface area contributed by atoms with Gasteiger partial charge in [-0.25, -0.2) is 5.43 Å². The molecule has 2 aromatic carbocycles. The lowest BCUT2D eigenvalue weighted by atomic mass is 9.90. The monoisotopic (exact) mass is 596 g/mol. The molecule has 0 bridgehead atoms. The zero-order chi connectivity index (χ0) is 21.3. The topological polar surface area (TPSA) is 50.7 Å². The van der Waals surface area contributed by atoms with E-state index in [1.54, 1.807) is 6.21 Å². The van der Waals surface area contributed by atoms with Crippen molar-refractivity contribution in [2.45, 2.75) is 39.2 Å². The molecule has 2 aromatic rings. The van der Waals surface area contributed by atoms with E-state index in [1.165, 1.54) is 19.3 Å². The van der Waals surface area contributed by atoms with Gasteiger partial charge in [0, 0.05) is 10.4 Å². The number of hydrogen-bond donors (Lipinski definition) is 1. The van der Waals surface area contributed by atoms with Crippen molar-refractivity contribution in [1.82, 2.24) is 5.43 Å². The van der Waals surface area contributed by atoms with Crippen LogP contribution in [0.15, 0.2) is 54.9 Å². The average Bonchev–Trinajstić information content (AvgIpc) is 3.34. The minimum atomic E-state index is 0.0493. The standard InChI is InChI=1S/C23H23Br3N2O2/c1-23-9-3-2-4-17(23)20(23)22(29)28-27-12-15-10-18(25)21(19(26)11-15)30-13-14-5-7-16(24)8-6-14/h5-8,10-12,17,20H,2-4,9,13H2,1H3,(H,28,29)/b27-12-/t17-,20-,23-/m0/s1. The van der Waals surface area contributed by atoms with Gasteiger partial charge in [-0.2, -0.15) is 5.10 Å². The number of nitrogens with one attached hydrogen (secondary N) is 1. The molecule has 0 heterocycles. The van der Waals surface area contributed by atoms with Gasteiger partial charge < -0.3 is 4.74 Å². The molecule has 3 atom stereocenters. The number of benzene rings is 2. The summed E-state index contributed by atoms with van der Waals surface area (Å²) in [5.74, 6) is 1.43. The fourth-order valence-electron chi connectivity index (χ4n) is 4.62. The lowest BCUT2D eigenvalue weighted by Crippen LogP contribution is -2.22. The molecule has 1 N–H and O–H groups in total. The number of carbonyl (C=O) groups excluding carboxylic acids is 1. The van der Waals surface area contributed by atoms with Crippen LogP contribution in [0.4, 0.5) is 0 Å². The summed E-state index contributed by atoms with van der Waals surface area (Å²) >= 11 is 10.6. The van der Waals surface area contributed by atoms with Crippen molar-refractivity contribution in [3.05, 3.63) is 60.9 Å². The smallest absolute Gasteiger partial charge is 0.244 e. The fourth-order valence-corrected chi connectivity index (χ4v) is 6.33. The van der Waals surface area contributed by atoms with Crippen molar-refractivity contribution < 1.29 is 9.53 Å². The highest BCUT2D eigenvalue weighted by Crippen LogP contribution is 2.66. The Morgan fingerprint density at radius 1 is 1.20 bits per heavy atom. The number of hydrazone groups is 1. The van der Waals surface area contributed by atoms with Gasteiger partial charge in [-0.1, -0.05) is 47.8 Å². The first kappa shape index (κ1) is 22.0. The van der Waals surface area contributed by atoms with Gasteiger partial charge in [0.05, 0.1) is 15.2 Å². The third-order valence-corrected chi connectivity index (χ3v) is 8.03. The number of rotatable bonds is 6. The molecule has 4 rings (SSSR count). The zero-order valence-electron chi connectivity index (χ0n) is 16.6. The summed E-state index contributed by atoms with van der Waals surface area (Å²) in [6, 6.07) is 11.9. The molecule has 0 aliphatic heterocycles. The van der Waals surface area contributed by atoms with Crippen LogP contribution in [0.2, 0.25) is 0 Å². The van der Waals surface area contributed by atoms with Gasteiger partial charge >= 0.3 is 0 Å². The molecular formula is C23H23Br3N2O2. The summed E-state index contributed by atoms with van der Waals surface area (Å²) in [7, 11) is 0. The Kier molecular flexibility index (Phi) is 6.70. The van der Waals surface area contributed by atoms with Crippen LogP contribution < -0.4 is 10.2 Å². The molecule has 2 saturated carbocycles. The fraction of sp³-hybridized carbons (Fsp3) is 0.391. The van der Waals surface area contributed by atoms with E-state index < -0.39 is 0 Å². The van der Waals surface area contributed by atoms with E-state index >= 15 is 0 Å². The van der Waals surface area contributed by atoms with Crippen LogP contribution in [0.25, 0.3) is 0 Å². The highest BCUT2D eigenvalue weighted by molar-refractivity contribution is 9.11. The predicted molar refractivity (Wildman–Crippen MR) is 130 cm³/mol. The SMILES string of the molecule is C[C@]12CCCC[C@H]1[C@H]2C(=O)N/N=C\c1cc(Br)c(OCc2ccc(Br)cc2)c(Br)c1. The molecule has 0 spiro atoms. The lowest BCUT2D eigenvalue weighted by Gasteiger charge is -2.15. The van der Waals surface area contributed by atoms with Crippen LogP contribution in [0.5, 0.6) is 5.75 Å². The number of halogens is 3. The molecule has 158 valence electrons. The normalized spacial score (nSPS) is 25.1. The molecule has 0 radical (unpaired) electrons. The third-order valence-electron chi connectivity index (χ3n) is 6.32. The third kappa shape index (κ3) is 4.68. The second kappa shape index (κ2) is 9.13. The Hall–Kier alpha value is -1.18. The van der Waals surface area contributed by atoms with E-state index in [0.29, 0.717) is 12.5 Å². The Morgan fingerprint density at radius 2 is 1.90 bits per heavy atom. The highest BCUT2D eigenvalue weighted by Gasteiger charge is 2.64. The van der Waals surface area contributed by atoms with Gasteiger partial charge in [0.15, 0.2) is 0 Å². The van der Waals surface area contributed by atoms with Crippen molar-refractivity contribution in [2.75, 3.05) is 0 Å². The largest absolute Gasteiger partial charge is 0.487 e. The van der Waals surface area contributed by atoms with E-state index in [9.17, 15) is 4.79 Å². The predicted octanol–water partition coefficient (Wildman–Crippen LogP) is 6.83. The van der Waals surface area contributed by atoms with Crippen molar-refractivity contribution >= 4 is 59.9 Å². The van der Waals surface area contributed by atoms with Gasteiger partial charge in [-0.3, -0.25) is 4.79 Å². The minimum Gasteiger partial charge on any atom is -0.487 e. The summed E-state index contributed by atoms with van der Waals surface area (Å²) in [6.45, 7) is 2.71. The van der Waals surface area contributed by atoms with Crippen LogP contribution in [-0.4, -0.2) is 12.1 Å². The summed E-state index contributed by atoms with van der Waals surface area (Å²) in [4.78, 5) is 12.5. The van der Waals surface area contributed by atoms with E-state index in [-0.39, 0.29) is 17.2 Å². The van der Waals surface area contributed by atoms with Crippen molar-refractivity contribution in [2.24, 2.45) is 22.4 Å². The van der Waals surface area contributed by atoms with Gasteiger partial charge in [0.2, 0.25) is 5.91 Å². The molecule has 2 fully saturated rings. The Balaban J connectivity index is 1.36. The van der Waals surface area contributed by atoms with E-state index in [1.807, 2.05) is 36.4 Å². The van der Waals surface area contributed by atoms with Crippen LogP contribution in [0.1, 0.15) is 43.7 Å². The lowest BCUT2D eigenvalue weighted by molar-refractivity contribution is -0.123. The molecule has 30 heavy (non-hydrogen) atoms. The first-order chi connectivity index (χ1) is 14.4. The second-order valence-corrected chi connectivity index (χ2v) is 10.9. The molecule has 2 aliphatic carbocycles. The van der Waals surface area contributed by atoms with Crippen LogP contribution >= 0.6 is 47.8 Å². The maximum absolute atomic E-state index is 12.5. The number of ether oxygens (including phenoxy) is 1. The number of nitrogens with zero attached hydrogens (tertiary/aromatic N) is 1. The van der Waals surface area contributed by atoms with Gasteiger partial charge in [-0.05, 0) is 91.4 Å². The summed E-state index contributed by atoms with van der Waals surface area (Å²) in [6.07, 6.45) is 6.46. The van der Waals surface area contributed by atoms with E-state index in [0.717, 1.165) is 36.7 Å². The summed E-state index contributed by atoms with van der Waals surface area (Å²) in [5, 5.41) is 4.19. The summed E-state index contributed by atoms with van der Waals surface area (Å²) < 4.78 is 8.66. The first-order valence-electron chi connectivity index (χ1n) is 10.1. The van der Waals surface area contributed by atoms with Crippen LogP contribution in [0.3, 0.4) is 0 Å². The molecule has 0 unspecified atom stereocenters. The first-order valence-corrected chi connectivity index (χ1v) is 12.5. The average molecular weight is 599 g/mol. The van der Waals surface area contributed by atoms with Crippen LogP contribution in [0, 0.1) is 17.3 Å². The van der Waals surface area contributed by atoms with Crippen molar-refractivity contribution in [1.29, 1.82) is 0 Å². The maximum Gasteiger partial charge on any atom is 0.244 e. The second-order valence-electron chi connectivity index (χ2n) is 8.30. The van der Waals surface area contributed by atoms with Gasteiger partial charge in [-0.15, -0.1) is 0 Å². The number of amides is 1. The van der Waals surface area contributed by atoms with Gasteiger partial charge in [0.1, 0.15) is 12.4 Å². The number of carbonyl (C=O) groups is 1. The molecule has 0 saturated heterocycles. The zero-order valence-corrected chi connectivity index (χ0v) is 21.4. The Morgan fingerprint density at radius 3 is 2.53 bits per heavy atom. The Labute approximate surface area is 202 Å². The molecule has 2 aliphatic rings. The number of hydrogen-bond acceptors (Lipinski definition) is 3.